The number of nitrogens with one attached hydrogen (secondary N) is 2. The predicted octanol–water partition coefficient (Wildman–Crippen LogP) is 7.22. The van der Waals surface area contributed by atoms with Gasteiger partial charge in [-0.1, -0.05) is 12.1 Å². The average Bonchev–Trinajstić information content (AvgIpc) is 3.35. The van der Waals surface area contributed by atoms with Crippen LogP contribution in [-0.2, 0) is 37.8 Å². The smallest absolute Gasteiger partial charge is 0.421 e. The number of aromatic nitrogens is 3. The first kappa shape index (κ1) is 36.9. The van der Waals surface area contributed by atoms with Gasteiger partial charge in [0.05, 0.1) is 43.2 Å². The summed E-state index contributed by atoms with van der Waals surface area (Å²) in [5.74, 6) is -1.57. The van der Waals surface area contributed by atoms with Crippen LogP contribution in [0.15, 0.2) is 42.7 Å². The summed E-state index contributed by atoms with van der Waals surface area (Å²) in [4.78, 5) is 21.5. The van der Waals surface area contributed by atoms with E-state index in [1.54, 1.807) is 69.4 Å². The van der Waals surface area contributed by atoms with E-state index in [2.05, 4.69) is 20.6 Å². The first-order chi connectivity index (χ1) is 23.7. The Bertz CT molecular complexity index is 1910. The monoisotopic (exact) mass is 720 g/mol. The molecule has 0 bridgehead atoms. The van der Waals surface area contributed by atoms with Crippen LogP contribution in [0.5, 0.6) is 11.6 Å². The van der Waals surface area contributed by atoms with Gasteiger partial charge in [-0.05, 0) is 69.0 Å². The number of carbonyl (C=O) groups is 1. The number of hydrogen-bond donors (Lipinski definition) is 4. The first-order valence-corrected chi connectivity index (χ1v) is 17.7. The number of fused-ring (bicyclic) bond motifs is 1. The predicted molar refractivity (Wildman–Crippen MR) is 182 cm³/mol. The Morgan fingerprint density at radius 2 is 1.78 bits per heavy atom. The number of carboxylic acid groups (broad SMARTS) is 1. The van der Waals surface area contributed by atoms with Gasteiger partial charge in [0.15, 0.2) is 0 Å². The van der Waals surface area contributed by atoms with Crippen LogP contribution >= 0.6 is 7.60 Å². The van der Waals surface area contributed by atoms with Gasteiger partial charge in [-0.3, -0.25) is 14.3 Å². The fraction of sp³-hybridized carbons (Fsp3) is 0.424. The van der Waals surface area contributed by atoms with Crippen molar-refractivity contribution >= 4 is 47.5 Å². The van der Waals surface area contributed by atoms with Crippen LogP contribution in [0.25, 0.3) is 10.8 Å². The molecule has 50 heavy (non-hydrogen) atoms. The molecule has 1 aliphatic heterocycles. The van der Waals surface area contributed by atoms with Gasteiger partial charge >= 0.3 is 19.7 Å². The molecule has 13 nitrogen and oxygen atoms in total. The lowest BCUT2D eigenvalue weighted by Crippen LogP contribution is -2.44. The standard InChI is InChI=1S/C33H40F3N6O7P/c1-6-48-50(46,49-7-2)18-19-8-11-24(27(14-19)47-5)39-32-37-15-23(33(34,35)36)29(40-32)38-25-12-10-21(22-17-42(4)30(43)28(22)25)20-9-13-26(31(44)45)41(3)16-20/h8,10-12,14-15,17,20,26,43H,6-7,9,13,16,18H2,1-5H3,(H,44,45)(H2,37,38,39,40)/t20?,26-/m1/s1. The molecule has 0 amide bonds. The quantitative estimate of drug-likeness (QED) is 0.103. The molecule has 2 atom stereocenters. The Morgan fingerprint density at radius 1 is 1.08 bits per heavy atom. The Kier molecular flexibility index (Phi) is 11.0. The van der Waals surface area contributed by atoms with Gasteiger partial charge in [0.2, 0.25) is 11.8 Å². The van der Waals surface area contributed by atoms with Gasteiger partial charge in [0, 0.05) is 31.4 Å². The highest BCUT2D eigenvalue weighted by Gasteiger charge is 2.36. The molecular formula is C33H40F3N6O7P. The lowest BCUT2D eigenvalue weighted by atomic mass is 9.85. The van der Waals surface area contributed by atoms with Crippen molar-refractivity contribution in [3.8, 4) is 11.6 Å². The largest absolute Gasteiger partial charge is 0.495 e. The highest BCUT2D eigenvalue weighted by Crippen LogP contribution is 2.52. The number of halogens is 3. The maximum absolute atomic E-state index is 14.2. The van der Waals surface area contributed by atoms with Gasteiger partial charge in [0.1, 0.15) is 23.2 Å². The third kappa shape index (κ3) is 7.83. The molecule has 2 aromatic heterocycles. The number of piperidine rings is 1. The van der Waals surface area contributed by atoms with Gasteiger partial charge in [-0.25, -0.2) is 4.98 Å². The number of likely N-dealkylation sites (N-methyl/N-ethyl adjacent to an activating group) is 1. The van der Waals surface area contributed by atoms with Gasteiger partial charge < -0.3 is 39.2 Å². The Hall–Kier alpha value is -4.37. The van der Waals surface area contributed by atoms with Crippen LogP contribution < -0.4 is 15.4 Å². The fourth-order valence-electron chi connectivity index (χ4n) is 6.29. The molecule has 0 aliphatic carbocycles. The second-order valence-corrected chi connectivity index (χ2v) is 14.0. The molecule has 0 radical (unpaired) electrons. The Labute approximate surface area is 286 Å². The van der Waals surface area contributed by atoms with Crippen LogP contribution in [0.2, 0.25) is 0 Å². The van der Waals surface area contributed by atoms with Crippen LogP contribution in [0.4, 0.5) is 36.3 Å². The van der Waals surface area contributed by atoms with Crippen molar-refractivity contribution < 1.29 is 46.5 Å². The van der Waals surface area contributed by atoms with Crippen molar-refractivity contribution in [2.75, 3.05) is 44.5 Å². The van der Waals surface area contributed by atoms with E-state index < -0.39 is 37.2 Å². The van der Waals surface area contributed by atoms with Gasteiger partial charge in [0.25, 0.3) is 0 Å². The molecule has 1 fully saturated rings. The third-order valence-corrected chi connectivity index (χ3v) is 10.7. The summed E-state index contributed by atoms with van der Waals surface area (Å²) in [5.41, 5.74) is 0.811. The SMILES string of the molecule is CCOP(=O)(Cc1ccc(Nc2ncc(C(F)(F)F)c(Nc3ccc(C4CC[C@H](C(=O)O)N(C)C4)c4cn(C)c(O)c34)n2)c(OC)c1)OCC. The zero-order valence-corrected chi connectivity index (χ0v) is 29.1. The maximum atomic E-state index is 14.2. The number of nitrogens with zero attached hydrogens (tertiary/aromatic N) is 4. The highest BCUT2D eigenvalue weighted by molar-refractivity contribution is 7.53. The number of methoxy groups -OCH3 is 1. The number of ether oxygens (including phenoxy) is 1. The number of aromatic hydroxyl groups is 1. The molecule has 0 saturated carbocycles. The zero-order valence-electron chi connectivity index (χ0n) is 28.2. The van der Waals surface area contributed by atoms with Gasteiger partial charge in [-0.2, -0.15) is 18.2 Å². The number of carboxylic acids is 1. The first-order valence-electron chi connectivity index (χ1n) is 15.9. The molecule has 1 aliphatic rings. The number of anilines is 4. The van der Waals surface area contributed by atoms with Crippen molar-refractivity contribution in [2.24, 2.45) is 7.05 Å². The molecule has 5 rings (SSSR count). The molecule has 3 heterocycles. The topological polar surface area (TPSA) is 160 Å². The number of alkyl halides is 3. The zero-order chi connectivity index (χ0) is 36.4. The molecular weight excluding hydrogens is 680 g/mol. The third-order valence-electron chi connectivity index (χ3n) is 8.60. The fourth-order valence-corrected chi connectivity index (χ4v) is 7.98. The van der Waals surface area contributed by atoms with Crippen molar-refractivity contribution in [1.29, 1.82) is 0 Å². The summed E-state index contributed by atoms with van der Waals surface area (Å²) < 4.78 is 73.5. The minimum absolute atomic E-state index is 0.0178. The van der Waals surface area contributed by atoms with Crippen LogP contribution in [0.3, 0.4) is 0 Å². The summed E-state index contributed by atoms with van der Waals surface area (Å²) in [6.45, 7) is 4.27. The second kappa shape index (κ2) is 14.9. The number of rotatable bonds is 13. The molecule has 2 aromatic carbocycles. The number of hydrogen-bond acceptors (Lipinski definition) is 11. The Morgan fingerprint density at radius 3 is 2.40 bits per heavy atom. The Balaban J connectivity index is 1.48. The second-order valence-electron chi connectivity index (χ2n) is 12.0. The number of likely N-dealkylation sites (tertiary alicyclic amines) is 1. The van der Waals surface area contributed by atoms with Gasteiger partial charge in [-0.15, -0.1) is 0 Å². The molecule has 0 spiro atoms. The van der Waals surface area contributed by atoms with E-state index in [0.29, 0.717) is 47.6 Å². The summed E-state index contributed by atoms with van der Waals surface area (Å²) in [5, 5.41) is 27.2. The molecule has 1 unspecified atom stereocenters. The molecule has 270 valence electrons. The average molecular weight is 721 g/mol. The molecule has 4 N–H and O–H groups in total. The van der Waals surface area contributed by atoms with E-state index in [-0.39, 0.29) is 48.6 Å². The van der Waals surface area contributed by atoms with Crippen LogP contribution in [0.1, 0.15) is 49.3 Å². The minimum Gasteiger partial charge on any atom is -0.495 e. The molecule has 1 saturated heterocycles. The van der Waals surface area contributed by atoms with Crippen molar-refractivity contribution in [2.45, 2.75) is 51.0 Å². The van der Waals surface area contributed by atoms with Crippen molar-refractivity contribution in [3.05, 3.63) is 59.4 Å². The molecule has 17 heteroatoms. The normalized spacial score (nSPS) is 17.2. The molecule has 4 aromatic rings. The number of aliphatic carboxylic acids is 1. The van der Waals surface area contributed by atoms with Crippen LogP contribution in [0, 0.1) is 0 Å². The number of aryl methyl sites for hydroxylation is 1. The van der Waals surface area contributed by atoms with E-state index in [0.717, 1.165) is 5.56 Å². The summed E-state index contributed by atoms with van der Waals surface area (Å²) in [6, 6.07) is 7.61. The maximum Gasteiger partial charge on any atom is 0.421 e. The van der Waals surface area contributed by atoms with E-state index in [1.807, 2.05) is 0 Å². The lowest BCUT2D eigenvalue weighted by molar-refractivity contribution is -0.144. The van der Waals surface area contributed by atoms with Crippen LogP contribution in [-0.4, -0.2) is 75.6 Å². The highest BCUT2D eigenvalue weighted by atomic mass is 31.2. The minimum atomic E-state index is -4.82. The van der Waals surface area contributed by atoms with E-state index in [4.69, 9.17) is 13.8 Å². The van der Waals surface area contributed by atoms with E-state index >= 15 is 0 Å². The van der Waals surface area contributed by atoms with Crippen molar-refractivity contribution in [1.82, 2.24) is 19.4 Å². The summed E-state index contributed by atoms with van der Waals surface area (Å²) >= 11 is 0. The van der Waals surface area contributed by atoms with E-state index in [9.17, 15) is 32.7 Å². The lowest BCUT2D eigenvalue weighted by Gasteiger charge is -2.35. The number of benzene rings is 2. The van der Waals surface area contributed by atoms with Crippen molar-refractivity contribution in [3.63, 3.8) is 0 Å². The summed E-state index contributed by atoms with van der Waals surface area (Å²) in [6.07, 6.45) is -1.47. The van der Waals surface area contributed by atoms with E-state index in [1.165, 1.54) is 11.7 Å². The summed E-state index contributed by atoms with van der Waals surface area (Å²) in [7, 11) is 1.36.